The Labute approximate surface area is 160 Å². The van der Waals surface area contributed by atoms with Crippen molar-refractivity contribution in [2.45, 2.75) is 64.5 Å². The lowest BCUT2D eigenvalue weighted by molar-refractivity contribution is -0.141. The van der Waals surface area contributed by atoms with E-state index in [4.69, 9.17) is 4.99 Å². The quantitative estimate of drug-likeness (QED) is 0.636. The second-order valence-electron chi connectivity index (χ2n) is 7.29. The first-order chi connectivity index (χ1) is 13.0. The fourth-order valence-corrected chi connectivity index (χ4v) is 3.99. The van der Waals surface area contributed by atoms with Crippen LogP contribution in [0.4, 0.5) is 4.79 Å². The molecular weight excluding hydrogens is 342 g/mol. The van der Waals surface area contributed by atoms with E-state index in [1.54, 1.807) is 0 Å². The number of hydrogen-bond donors (Lipinski definition) is 1. The van der Waals surface area contributed by atoms with Gasteiger partial charge >= 0.3 is 6.03 Å². The summed E-state index contributed by atoms with van der Waals surface area (Å²) in [5.41, 5.74) is 1.55. The second-order valence-corrected chi connectivity index (χ2v) is 7.29. The Morgan fingerprint density at radius 3 is 2.44 bits per heavy atom. The summed E-state index contributed by atoms with van der Waals surface area (Å²) in [7, 11) is 0. The van der Waals surface area contributed by atoms with E-state index in [1.807, 2.05) is 44.2 Å². The fraction of sp³-hybridized carbons (Fsp3) is 0.524. The minimum absolute atomic E-state index is 0.119. The zero-order valence-electron chi connectivity index (χ0n) is 16.0. The highest BCUT2D eigenvalue weighted by molar-refractivity contribution is 6.27. The molecule has 2 aliphatic rings. The van der Waals surface area contributed by atoms with Crippen LogP contribution in [0.15, 0.2) is 35.3 Å². The van der Waals surface area contributed by atoms with E-state index in [1.165, 1.54) is 4.90 Å². The van der Waals surface area contributed by atoms with Gasteiger partial charge in [0.25, 0.3) is 0 Å². The third-order valence-corrected chi connectivity index (χ3v) is 5.47. The summed E-state index contributed by atoms with van der Waals surface area (Å²) < 4.78 is 0. The smallest absolute Gasteiger partial charge is 0.285 e. The number of barbiturate groups is 1. The lowest BCUT2D eigenvalue weighted by Gasteiger charge is -2.37. The molecule has 0 bridgehead atoms. The molecular formula is C21H27N3O3. The lowest BCUT2D eigenvalue weighted by atomic mass is 9.90. The zero-order valence-corrected chi connectivity index (χ0v) is 16.0. The molecule has 2 fully saturated rings. The predicted molar refractivity (Wildman–Crippen MR) is 103 cm³/mol. The first-order valence-corrected chi connectivity index (χ1v) is 9.82. The highest BCUT2D eigenvalue weighted by Gasteiger charge is 2.45. The number of nitrogens with one attached hydrogen (secondary N) is 1. The van der Waals surface area contributed by atoms with Crippen LogP contribution in [0, 0.1) is 5.92 Å². The molecule has 27 heavy (non-hydrogen) atoms. The third-order valence-electron chi connectivity index (χ3n) is 5.47. The molecule has 6 heteroatoms. The molecule has 1 saturated carbocycles. The third kappa shape index (κ3) is 4.10. The Bertz CT molecular complexity index is 738. The molecule has 4 amide bonds. The molecule has 6 nitrogen and oxygen atoms in total. The van der Waals surface area contributed by atoms with E-state index in [0.717, 1.165) is 37.7 Å². The summed E-state index contributed by atoms with van der Waals surface area (Å²) in [5.74, 6) is -1.99. The minimum Gasteiger partial charge on any atom is -0.285 e. The molecule has 0 spiro atoms. The number of imide groups is 2. The molecule has 1 heterocycles. The standard InChI is InChI=1S/C21H27N3O3/c1-3-17(22-14(2)15-10-6-4-7-11-15)18-19(25)23-21(27)24(20(18)26)16-12-8-5-9-13-16/h4,6-7,10-11,14,16,18H,3,5,8-9,12-13H2,1-2H3,(H,23,25,27)/t14-,18?/m1/s1. The topological polar surface area (TPSA) is 78.8 Å². The van der Waals surface area contributed by atoms with Crippen LogP contribution in [0.2, 0.25) is 0 Å². The average molecular weight is 369 g/mol. The zero-order chi connectivity index (χ0) is 19.4. The van der Waals surface area contributed by atoms with Gasteiger partial charge in [-0.15, -0.1) is 0 Å². The van der Waals surface area contributed by atoms with Crippen LogP contribution < -0.4 is 5.32 Å². The number of nitrogens with zero attached hydrogens (tertiary/aromatic N) is 2. The van der Waals surface area contributed by atoms with Crippen LogP contribution in [0.3, 0.4) is 0 Å². The number of urea groups is 1. The highest BCUT2D eigenvalue weighted by atomic mass is 16.2. The van der Waals surface area contributed by atoms with Gasteiger partial charge < -0.3 is 0 Å². The molecule has 0 radical (unpaired) electrons. The van der Waals surface area contributed by atoms with Gasteiger partial charge in [-0.3, -0.25) is 24.8 Å². The van der Waals surface area contributed by atoms with Gasteiger partial charge in [-0.2, -0.15) is 0 Å². The number of carbonyl (C=O) groups excluding carboxylic acids is 3. The number of benzene rings is 1. The van der Waals surface area contributed by atoms with Crippen LogP contribution in [-0.2, 0) is 9.59 Å². The Morgan fingerprint density at radius 2 is 1.81 bits per heavy atom. The molecule has 1 unspecified atom stereocenters. The van der Waals surface area contributed by atoms with E-state index in [-0.39, 0.29) is 12.1 Å². The summed E-state index contributed by atoms with van der Waals surface area (Å²) in [6.45, 7) is 3.83. The normalized spacial score (nSPS) is 23.3. The highest BCUT2D eigenvalue weighted by Crippen LogP contribution is 2.27. The van der Waals surface area contributed by atoms with Crippen LogP contribution in [0.5, 0.6) is 0 Å². The van der Waals surface area contributed by atoms with Gasteiger partial charge in [0.15, 0.2) is 5.92 Å². The van der Waals surface area contributed by atoms with Crippen molar-refractivity contribution < 1.29 is 14.4 Å². The molecule has 1 aromatic carbocycles. The van der Waals surface area contributed by atoms with E-state index in [0.29, 0.717) is 12.1 Å². The van der Waals surface area contributed by atoms with Crippen molar-refractivity contribution >= 4 is 23.6 Å². The number of amides is 4. The SMILES string of the molecule is CCC(=N[C@H](C)c1ccccc1)C1C(=O)NC(=O)N(C2CCCCC2)C1=O. The summed E-state index contributed by atoms with van der Waals surface area (Å²) in [6, 6.07) is 8.90. The molecule has 144 valence electrons. The van der Waals surface area contributed by atoms with Gasteiger partial charge in [0.05, 0.1) is 6.04 Å². The predicted octanol–water partition coefficient (Wildman–Crippen LogP) is 3.63. The lowest BCUT2D eigenvalue weighted by Crippen LogP contribution is -2.62. The Balaban J connectivity index is 1.87. The largest absolute Gasteiger partial charge is 0.331 e. The van der Waals surface area contributed by atoms with Gasteiger partial charge in [0.2, 0.25) is 11.8 Å². The average Bonchev–Trinajstić information content (AvgIpc) is 2.68. The Morgan fingerprint density at radius 1 is 1.15 bits per heavy atom. The minimum atomic E-state index is -1.01. The number of aliphatic imine (C=N–C) groups is 1. The molecule has 1 aliphatic carbocycles. The maximum atomic E-state index is 13.1. The monoisotopic (exact) mass is 369 g/mol. The van der Waals surface area contributed by atoms with Crippen LogP contribution in [0.25, 0.3) is 0 Å². The fourth-order valence-electron chi connectivity index (χ4n) is 3.99. The molecule has 1 aliphatic heterocycles. The van der Waals surface area contributed by atoms with E-state index in [2.05, 4.69) is 5.32 Å². The van der Waals surface area contributed by atoms with Crippen molar-refractivity contribution in [1.29, 1.82) is 0 Å². The van der Waals surface area contributed by atoms with Crippen molar-refractivity contribution in [3.05, 3.63) is 35.9 Å². The van der Waals surface area contributed by atoms with Gasteiger partial charge in [0.1, 0.15) is 0 Å². The molecule has 1 aromatic rings. The maximum absolute atomic E-state index is 13.1. The molecule has 2 atom stereocenters. The summed E-state index contributed by atoms with van der Waals surface area (Å²) in [6.07, 6.45) is 5.21. The van der Waals surface area contributed by atoms with Crippen molar-refractivity contribution in [2.24, 2.45) is 10.9 Å². The molecule has 1 N–H and O–H groups in total. The van der Waals surface area contributed by atoms with E-state index < -0.39 is 23.8 Å². The van der Waals surface area contributed by atoms with Crippen molar-refractivity contribution in [1.82, 2.24) is 10.2 Å². The van der Waals surface area contributed by atoms with Crippen LogP contribution in [-0.4, -0.2) is 34.5 Å². The van der Waals surface area contributed by atoms with Crippen molar-refractivity contribution in [3.63, 3.8) is 0 Å². The summed E-state index contributed by atoms with van der Waals surface area (Å²) in [5, 5.41) is 2.38. The maximum Gasteiger partial charge on any atom is 0.331 e. The van der Waals surface area contributed by atoms with E-state index in [9.17, 15) is 14.4 Å². The summed E-state index contributed by atoms with van der Waals surface area (Å²) >= 11 is 0. The molecule has 1 saturated heterocycles. The van der Waals surface area contributed by atoms with E-state index >= 15 is 0 Å². The van der Waals surface area contributed by atoms with Crippen molar-refractivity contribution in [3.8, 4) is 0 Å². The van der Waals surface area contributed by atoms with Gasteiger partial charge in [-0.05, 0) is 31.7 Å². The van der Waals surface area contributed by atoms with Crippen LogP contribution >= 0.6 is 0 Å². The molecule has 3 rings (SSSR count). The van der Waals surface area contributed by atoms with Crippen molar-refractivity contribution in [2.75, 3.05) is 0 Å². The number of rotatable bonds is 5. The van der Waals surface area contributed by atoms with Gasteiger partial charge in [-0.1, -0.05) is 56.5 Å². The first-order valence-electron chi connectivity index (χ1n) is 9.82. The number of carbonyl (C=O) groups is 3. The first kappa shape index (κ1) is 19.3. The molecule has 0 aromatic heterocycles. The van der Waals surface area contributed by atoms with Crippen LogP contribution in [0.1, 0.15) is 64.0 Å². The Hall–Kier alpha value is -2.50. The number of hydrogen-bond acceptors (Lipinski definition) is 4. The second kappa shape index (κ2) is 8.46. The summed E-state index contributed by atoms with van der Waals surface area (Å²) in [4.78, 5) is 43.9. The van der Waals surface area contributed by atoms with Gasteiger partial charge in [-0.25, -0.2) is 4.79 Å². The van der Waals surface area contributed by atoms with Gasteiger partial charge in [0, 0.05) is 11.8 Å². The Kier molecular flexibility index (Phi) is 6.04.